The van der Waals surface area contributed by atoms with Crippen LogP contribution in [0.2, 0.25) is 0 Å². The van der Waals surface area contributed by atoms with Crippen molar-refractivity contribution in [1.82, 2.24) is 14.8 Å². The van der Waals surface area contributed by atoms with Crippen LogP contribution in [0, 0.1) is 0 Å². The van der Waals surface area contributed by atoms with Crippen LogP contribution in [0.3, 0.4) is 0 Å². The highest BCUT2D eigenvalue weighted by atomic mass is 16.2. The second kappa shape index (κ2) is 4.71. The fourth-order valence-electron chi connectivity index (χ4n) is 2.14. The quantitative estimate of drug-likeness (QED) is 0.766. The van der Waals surface area contributed by atoms with Crippen LogP contribution < -0.4 is 5.73 Å². The fourth-order valence-corrected chi connectivity index (χ4v) is 2.14. The molecule has 0 spiro atoms. The summed E-state index contributed by atoms with van der Waals surface area (Å²) in [5.74, 6) is 0.478. The molecule has 1 aromatic heterocycles. The molecule has 0 saturated carbocycles. The molecular formula is C12H18N4O. The average molecular weight is 234 g/mol. The average Bonchev–Trinajstić information content (AvgIpc) is 2.29. The minimum atomic E-state index is 0.0399. The molecule has 17 heavy (non-hydrogen) atoms. The molecule has 0 bridgehead atoms. The van der Waals surface area contributed by atoms with E-state index in [-0.39, 0.29) is 11.9 Å². The first-order valence-electron chi connectivity index (χ1n) is 5.79. The van der Waals surface area contributed by atoms with Crippen molar-refractivity contribution in [3.63, 3.8) is 0 Å². The van der Waals surface area contributed by atoms with Crippen LogP contribution in [0.15, 0.2) is 18.3 Å². The summed E-state index contributed by atoms with van der Waals surface area (Å²) in [5, 5.41) is 0. The zero-order valence-corrected chi connectivity index (χ0v) is 10.3. The zero-order valence-electron chi connectivity index (χ0n) is 10.3. The fraction of sp³-hybridized carbons (Fsp3) is 0.500. The highest BCUT2D eigenvalue weighted by molar-refractivity contribution is 5.94. The number of rotatable bonds is 1. The summed E-state index contributed by atoms with van der Waals surface area (Å²) in [6.45, 7) is 4.66. The number of nitrogen functional groups attached to an aromatic ring is 1. The van der Waals surface area contributed by atoms with Crippen LogP contribution in [0.1, 0.15) is 17.3 Å². The van der Waals surface area contributed by atoms with E-state index in [1.807, 2.05) is 4.90 Å². The number of hydrogen-bond acceptors (Lipinski definition) is 4. The number of piperazine rings is 1. The van der Waals surface area contributed by atoms with Crippen molar-refractivity contribution >= 4 is 11.7 Å². The van der Waals surface area contributed by atoms with E-state index in [9.17, 15) is 4.79 Å². The van der Waals surface area contributed by atoms with Gasteiger partial charge < -0.3 is 15.5 Å². The Morgan fingerprint density at radius 3 is 2.82 bits per heavy atom. The minimum Gasteiger partial charge on any atom is -0.384 e. The molecule has 1 fully saturated rings. The number of hydrogen-bond donors (Lipinski definition) is 1. The second-order valence-electron chi connectivity index (χ2n) is 4.58. The predicted octanol–water partition coefficient (Wildman–Crippen LogP) is 0.440. The molecule has 5 nitrogen and oxygen atoms in total. The van der Waals surface area contributed by atoms with Gasteiger partial charge in [-0.3, -0.25) is 4.79 Å². The Morgan fingerprint density at radius 2 is 2.24 bits per heavy atom. The van der Waals surface area contributed by atoms with Crippen LogP contribution in [0.4, 0.5) is 5.82 Å². The van der Waals surface area contributed by atoms with E-state index in [0.29, 0.717) is 11.4 Å². The van der Waals surface area contributed by atoms with E-state index in [0.717, 1.165) is 19.6 Å². The topological polar surface area (TPSA) is 62.5 Å². The van der Waals surface area contributed by atoms with Crippen LogP contribution in [0.5, 0.6) is 0 Å². The van der Waals surface area contributed by atoms with Crippen LogP contribution in [-0.4, -0.2) is 53.4 Å². The van der Waals surface area contributed by atoms with Crippen LogP contribution in [-0.2, 0) is 0 Å². The summed E-state index contributed by atoms with van der Waals surface area (Å²) < 4.78 is 0. The number of nitrogens with two attached hydrogens (primary N) is 1. The van der Waals surface area contributed by atoms with Gasteiger partial charge in [-0.05, 0) is 26.1 Å². The smallest absolute Gasteiger partial charge is 0.255 e. The summed E-state index contributed by atoms with van der Waals surface area (Å²) in [6, 6.07) is 3.63. The molecule has 2 rings (SSSR count). The maximum Gasteiger partial charge on any atom is 0.255 e. The highest BCUT2D eigenvalue weighted by Gasteiger charge is 2.26. The van der Waals surface area contributed by atoms with Crippen molar-refractivity contribution in [3.8, 4) is 0 Å². The minimum absolute atomic E-state index is 0.0399. The Hall–Kier alpha value is -1.62. The zero-order chi connectivity index (χ0) is 12.4. The van der Waals surface area contributed by atoms with Crippen molar-refractivity contribution < 1.29 is 4.79 Å². The number of likely N-dealkylation sites (N-methyl/N-ethyl adjacent to an activating group) is 1. The first kappa shape index (κ1) is 11.9. The Labute approximate surface area is 101 Å². The van der Waals surface area contributed by atoms with E-state index in [1.54, 1.807) is 18.3 Å². The van der Waals surface area contributed by atoms with Crippen LogP contribution >= 0.6 is 0 Å². The standard InChI is InChI=1S/C12H18N4O/c1-9-8-15(2)5-6-16(9)12(17)10-3-4-11(13)14-7-10/h3-4,7,9H,5-6,8H2,1-2H3,(H2,13,14). The van der Waals surface area contributed by atoms with Gasteiger partial charge in [-0.2, -0.15) is 0 Å². The molecule has 1 aliphatic rings. The molecule has 1 amide bonds. The summed E-state index contributed by atoms with van der Waals surface area (Å²) in [5.41, 5.74) is 6.12. The van der Waals surface area contributed by atoms with Crippen LogP contribution in [0.25, 0.3) is 0 Å². The van der Waals surface area contributed by atoms with Gasteiger partial charge in [-0.25, -0.2) is 4.98 Å². The highest BCUT2D eigenvalue weighted by Crippen LogP contribution is 2.13. The third-order valence-corrected chi connectivity index (χ3v) is 3.12. The molecule has 2 N–H and O–H groups in total. The molecule has 0 aliphatic carbocycles. The van der Waals surface area contributed by atoms with Gasteiger partial charge in [0.2, 0.25) is 0 Å². The normalized spacial score (nSPS) is 21.5. The van der Waals surface area contributed by atoms with Gasteiger partial charge in [-0.1, -0.05) is 0 Å². The lowest BCUT2D eigenvalue weighted by atomic mass is 10.1. The van der Waals surface area contributed by atoms with E-state index in [2.05, 4.69) is 23.9 Å². The van der Waals surface area contributed by atoms with Gasteiger partial charge in [0.25, 0.3) is 5.91 Å². The molecule has 5 heteroatoms. The first-order chi connectivity index (χ1) is 8.08. The molecule has 1 aliphatic heterocycles. The Bertz CT molecular complexity index is 403. The van der Waals surface area contributed by atoms with Gasteiger partial charge >= 0.3 is 0 Å². The maximum atomic E-state index is 12.3. The first-order valence-corrected chi connectivity index (χ1v) is 5.79. The van der Waals surface area contributed by atoms with Gasteiger partial charge in [0.05, 0.1) is 5.56 Å². The van der Waals surface area contributed by atoms with Crippen molar-refractivity contribution in [1.29, 1.82) is 0 Å². The van der Waals surface area contributed by atoms with E-state index < -0.39 is 0 Å². The van der Waals surface area contributed by atoms with Crippen molar-refractivity contribution in [2.45, 2.75) is 13.0 Å². The lowest BCUT2D eigenvalue weighted by molar-refractivity contribution is 0.0533. The lowest BCUT2D eigenvalue weighted by Crippen LogP contribution is -2.52. The Balaban J connectivity index is 2.12. The number of pyridine rings is 1. The third-order valence-electron chi connectivity index (χ3n) is 3.12. The summed E-state index contributed by atoms with van der Waals surface area (Å²) in [4.78, 5) is 20.3. The molecule has 2 heterocycles. The number of aromatic nitrogens is 1. The van der Waals surface area contributed by atoms with E-state index in [4.69, 9.17) is 5.73 Å². The summed E-state index contributed by atoms with van der Waals surface area (Å²) in [7, 11) is 2.07. The predicted molar refractivity (Wildman–Crippen MR) is 66.6 cm³/mol. The van der Waals surface area contributed by atoms with Crippen molar-refractivity contribution in [2.75, 3.05) is 32.4 Å². The third kappa shape index (κ3) is 2.55. The number of carbonyl (C=O) groups is 1. The maximum absolute atomic E-state index is 12.3. The number of nitrogens with zero attached hydrogens (tertiary/aromatic N) is 3. The SMILES string of the molecule is CC1CN(C)CCN1C(=O)c1ccc(N)nc1. The van der Waals surface area contributed by atoms with Gasteiger partial charge in [0, 0.05) is 31.9 Å². The molecule has 0 aromatic carbocycles. The monoisotopic (exact) mass is 234 g/mol. The summed E-state index contributed by atoms with van der Waals surface area (Å²) >= 11 is 0. The molecule has 1 unspecified atom stereocenters. The molecule has 92 valence electrons. The molecule has 1 aromatic rings. The van der Waals surface area contributed by atoms with Gasteiger partial charge in [0.15, 0.2) is 0 Å². The summed E-state index contributed by atoms with van der Waals surface area (Å²) in [6.07, 6.45) is 1.54. The van der Waals surface area contributed by atoms with Crippen molar-refractivity contribution in [3.05, 3.63) is 23.9 Å². The lowest BCUT2D eigenvalue weighted by Gasteiger charge is -2.38. The largest absolute Gasteiger partial charge is 0.384 e. The van der Waals surface area contributed by atoms with Gasteiger partial charge in [-0.15, -0.1) is 0 Å². The molecule has 1 atom stereocenters. The van der Waals surface area contributed by atoms with E-state index in [1.165, 1.54) is 0 Å². The Morgan fingerprint density at radius 1 is 1.47 bits per heavy atom. The molecule has 1 saturated heterocycles. The molecule has 0 radical (unpaired) electrons. The number of amides is 1. The Kier molecular flexibility index (Phi) is 3.28. The second-order valence-corrected chi connectivity index (χ2v) is 4.58. The number of carbonyl (C=O) groups excluding carboxylic acids is 1. The van der Waals surface area contributed by atoms with Gasteiger partial charge in [0.1, 0.15) is 5.82 Å². The van der Waals surface area contributed by atoms with E-state index >= 15 is 0 Å². The number of anilines is 1. The molecular weight excluding hydrogens is 216 g/mol. The van der Waals surface area contributed by atoms with Crippen molar-refractivity contribution in [2.24, 2.45) is 0 Å².